The van der Waals surface area contributed by atoms with Gasteiger partial charge in [-0.3, -0.25) is 4.79 Å². The molecule has 1 atom stereocenters. The van der Waals surface area contributed by atoms with Gasteiger partial charge in [-0.2, -0.15) is 0 Å². The summed E-state index contributed by atoms with van der Waals surface area (Å²) < 4.78 is 21.3. The molecule has 2 aromatic rings. The van der Waals surface area contributed by atoms with E-state index in [4.69, 9.17) is 18.9 Å². The Morgan fingerprint density at radius 1 is 0.880 bits per heavy atom. The molecule has 0 aliphatic heterocycles. The second kappa shape index (κ2) is 9.42. The third-order valence-electron chi connectivity index (χ3n) is 3.47. The second-order valence-electron chi connectivity index (χ2n) is 5.25. The molecule has 0 saturated heterocycles. The summed E-state index contributed by atoms with van der Waals surface area (Å²) in [6.45, 7) is 2.46. The summed E-state index contributed by atoms with van der Waals surface area (Å²) in [4.78, 5) is 12.0. The first kappa shape index (κ1) is 18.4. The lowest BCUT2D eigenvalue weighted by atomic mass is 10.3. The van der Waals surface area contributed by atoms with Gasteiger partial charge in [-0.25, -0.2) is 0 Å². The van der Waals surface area contributed by atoms with E-state index in [9.17, 15) is 4.79 Å². The van der Waals surface area contributed by atoms with E-state index in [1.807, 2.05) is 24.3 Å². The van der Waals surface area contributed by atoms with Gasteiger partial charge in [0.15, 0.2) is 6.10 Å². The zero-order valence-electron chi connectivity index (χ0n) is 14.7. The van der Waals surface area contributed by atoms with Crippen LogP contribution in [0.4, 0.5) is 0 Å². The topological polar surface area (TPSA) is 66.0 Å². The summed E-state index contributed by atoms with van der Waals surface area (Å²) >= 11 is 0. The monoisotopic (exact) mass is 345 g/mol. The molecule has 0 fully saturated rings. The first-order valence-electron chi connectivity index (χ1n) is 7.97. The number of methoxy groups -OCH3 is 2. The van der Waals surface area contributed by atoms with Crippen molar-refractivity contribution < 1.29 is 23.7 Å². The summed E-state index contributed by atoms with van der Waals surface area (Å²) in [5.41, 5.74) is 0. The summed E-state index contributed by atoms with van der Waals surface area (Å²) in [6.07, 6.45) is -0.602. The predicted octanol–water partition coefficient (Wildman–Crippen LogP) is 2.67. The first-order valence-corrected chi connectivity index (χ1v) is 7.97. The van der Waals surface area contributed by atoms with Gasteiger partial charge < -0.3 is 24.3 Å². The molecule has 0 bridgehead atoms. The van der Waals surface area contributed by atoms with Crippen molar-refractivity contribution in [1.82, 2.24) is 5.32 Å². The van der Waals surface area contributed by atoms with Gasteiger partial charge in [-0.15, -0.1) is 0 Å². The third kappa shape index (κ3) is 5.91. The lowest BCUT2D eigenvalue weighted by Crippen LogP contribution is -2.38. The van der Waals surface area contributed by atoms with E-state index < -0.39 is 6.10 Å². The van der Waals surface area contributed by atoms with Crippen LogP contribution in [-0.2, 0) is 4.79 Å². The van der Waals surface area contributed by atoms with E-state index in [-0.39, 0.29) is 5.91 Å². The molecule has 2 aromatic carbocycles. The highest BCUT2D eigenvalue weighted by Gasteiger charge is 2.14. The number of nitrogens with one attached hydrogen (secondary N) is 1. The van der Waals surface area contributed by atoms with E-state index in [1.54, 1.807) is 45.4 Å². The molecule has 0 aliphatic carbocycles. The van der Waals surface area contributed by atoms with E-state index >= 15 is 0 Å². The molecule has 1 N–H and O–H groups in total. The molecule has 0 radical (unpaired) electrons. The standard InChI is InChI=1S/C19H23NO5/c1-14(25-18-10-6-16(23-3)7-11-18)19(21)20-12-13-24-17-8-4-15(22-2)5-9-17/h4-11,14H,12-13H2,1-3H3,(H,20,21). The fraction of sp³-hybridized carbons (Fsp3) is 0.316. The molecule has 25 heavy (non-hydrogen) atoms. The average molecular weight is 345 g/mol. The van der Waals surface area contributed by atoms with Gasteiger partial charge in [-0.05, 0) is 55.5 Å². The lowest BCUT2D eigenvalue weighted by molar-refractivity contribution is -0.127. The van der Waals surface area contributed by atoms with E-state index in [1.165, 1.54) is 0 Å². The van der Waals surface area contributed by atoms with Gasteiger partial charge in [-0.1, -0.05) is 0 Å². The van der Waals surface area contributed by atoms with Gasteiger partial charge in [0.25, 0.3) is 5.91 Å². The molecule has 0 spiro atoms. The van der Waals surface area contributed by atoms with Gasteiger partial charge in [0.2, 0.25) is 0 Å². The molecule has 0 aromatic heterocycles. The molecule has 0 heterocycles. The van der Waals surface area contributed by atoms with Crippen molar-refractivity contribution in [2.45, 2.75) is 13.0 Å². The summed E-state index contributed by atoms with van der Waals surface area (Å²) in [6, 6.07) is 14.3. The predicted molar refractivity (Wildman–Crippen MR) is 94.6 cm³/mol. The van der Waals surface area contributed by atoms with Crippen LogP contribution in [0, 0.1) is 0 Å². The number of carbonyl (C=O) groups excluding carboxylic acids is 1. The molecule has 134 valence electrons. The normalized spacial score (nSPS) is 11.3. The number of ether oxygens (including phenoxy) is 4. The maximum Gasteiger partial charge on any atom is 0.260 e. The summed E-state index contributed by atoms with van der Waals surface area (Å²) in [5.74, 6) is 2.63. The molecule has 6 nitrogen and oxygen atoms in total. The van der Waals surface area contributed by atoms with Crippen molar-refractivity contribution in [3.63, 3.8) is 0 Å². The smallest absolute Gasteiger partial charge is 0.260 e. The Morgan fingerprint density at radius 2 is 1.36 bits per heavy atom. The zero-order chi connectivity index (χ0) is 18.1. The Balaban J connectivity index is 1.69. The number of hydrogen-bond acceptors (Lipinski definition) is 5. The van der Waals surface area contributed by atoms with Crippen LogP contribution in [0.2, 0.25) is 0 Å². The number of amides is 1. The van der Waals surface area contributed by atoms with Crippen molar-refractivity contribution in [3.05, 3.63) is 48.5 Å². The lowest BCUT2D eigenvalue weighted by Gasteiger charge is -2.15. The minimum Gasteiger partial charge on any atom is -0.497 e. The highest BCUT2D eigenvalue weighted by molar-refractivity contribution is 5.80. The van der Waals surface area contributed by atoms with E-state index in [0.717, 1.165) is 17.2 Å². The van der Waals surface area contributed by atoms with Crippen molar-refractivity contribution in [2.24, 2.45) is 0 Å². The first-order chi connectivity index (χ1) is 12.1. The molecular formula is C19H23NO5. The van der Waals surface area contributed by atoms with E-state index in [2.05, 4.69) is 5.32 Å². The van der Waals surface area contributed by atoms with Gasteiger partial charge in [0.05, 0.1) is 20.8 Å². The number of benzene rings is 2. The molecule has 2 rings (SSSR count). The minimum absolute atomic E-state index is 0.200. The Morgan fingerprint density at radius 3 is 1.88 bits per heavy atom. The molecule has 1 amide bonds. The van der Waals surface area contributed by atoms with Crippen LogP contribution in [0.1, 0.15) is 6.92 Å². The highest BCUT2D eigenvalue weighted by atomic mass is 16.5. The SMILES string of the molecule is COc1ccc(OCCNC(=O)C(C)Oc2ccc(OC)cc2)cc1. The fourth-order valence-corrected chi connectivity index (χ4v) is 2.07. The van der Waals surface area contributed by atoms with Crippen LogP contribution in [0.5, 0.6) is 23.0 Å². The molecule has 0 saturated carbocycles. The van der Waals surface area contributed by atoms with Crippen molar-refractivity contribution in [2.75, 3.05) is 27.4 Å². The van der Waals surface area contributed by atoms with Crippen LogP contribution in [-0.4, -0.2) is 39.4 Å². The highest BCUT2D eigenvalue weighted by Crippen LogP contribution is 2.18. The Kier molecular flexibility index (Phi) is 6.95. The molecule has 1 unspecified atom stereocenters. The second-order valence-corrected chi connectivity index (χ2v) is 5.25. The molecule has 0 aliphatic rings. The van der Waals surface area contributed by atoms with Gasteiger partial charge >= 0.3 is 0 Å². The summed E-state index contributed by atoms with van der Waals surface area (Å²) in [5, 5.41) is 2.78. The van der Waals surface area contributed by atoms with Crippen LogP contribution in [0.15, 0.2) is 48.5 Å². The quantitative estimate of drug-likeness (QED) is 0.708. The maximum atomic E-state index is 12.0. The average Bonchev–Trinajstić information content (AvgIpc) is 2.66. The number of rotatable bonds is 9. The van der Waals surface area contributed by atoms with Crippen LogP contribution < -0.4 is 24.3 Å². The van der Waals surface area contributed by atoms with E-state index in [0.29, 0.717) is 18.9 Å². The Hall–Kier alpha value is -2.89. The summed E-state index contributed by atoms with van der Waals surface area (Å²) in [7, 11) is 3.21. The van der Waals surface area contributed by atoms with Crippen molar-refractivity contribution in [1.29, 1.82) is 0 Å². The number of hydrogen-bond donors (Lipinski definition) is 1. The van der Waals surface area contributed by atoms with Crippen LogP contribution >= 0.6 is 0 Å². The maximum absolute atomic E-state index is 12.0. The zero-order valence-corrected chi connectivity index (χ0v) is 14.7. The van der Waals surface area contributed by atoms with Gasteiger partial charge in [0.1, 0.15) is 29.6 Å². The largest absolute Gasteiger partial charge is 0.497 e. The minimum atomic E-state index is -0.602. The Labute approximate surface area is 147 Å². The number of carbonyl (C=O) groups is 1. The fourth-order valence-electron chi connectivity index (χ4n) is 2.07. The molecular weight excluding hydrogens is 322 g/mol. The van der Waals surface area contributed by atoms with Crippen LogP contribution in [0.25, 0.3) is 0 Å². The van der Waals surface area contributed by atoms with Gasteiger partial charge in [0, 0.05) is 0 Å². The van der Waals surface area contributed by atoms with Crippen molar-refractivity contribution in [3.8, 4) is 23.0 Å². The van der Waals surface area contributed by atoms with Crippen molar-refractivity contribution >= 4 is 5.91 Å². The Bertz CT molecular complexity index is 655. The third-order valence-corrected chi connectivity index (χ3v) is 3.47. The van der Waals surface area contributed by atoms with Crippen LogP contribution in [0.3, 0.4) is 0 Å². The molecule has 6 heteroatoms.